The van der Waals surface area contributed by atoms with Crippen molar-refractivity contribution in [3.8, 4) is 0 Å². The van der Waals surface area contributed by atoms with Gasteiger partial charge in [-0.15, -0.1) is 0 Å². The van der Waals surface area contributed by atoms with Crippen LogP contribution in [0.15, 0.2) is 56.7 Å². The molecule has 0 spiro atoms. The fraction of sp³-hybridized carbons (Fsp3) is 0.176. The van der Waals surface area contributed by atoms with E-state index in [1.165, 1.54) is 12.1 Å². The topological polar surface area (TPSA) is 79.5 Å². The fourth-order valence-corrected chi connectivity index (χ4v) is 2.40. The Balaban J connectivity index is 1.82. The fourth-order valence-electron chi connectivity index (χ4n) is 2.40. The van der Waals surface area contributed by atoms with Gasteiger partial charge in [0.15, 0.2) is 11.2 Å². The number of rotatable bonds is 3. The summed E-state index contributed by atoms with van der Waals surface area (Å²) in [6, 6.07) is 4.37. The molecule has 0 saturated heterocycles. The number of aliphatic hydroxyl groups excluding tert-OH is 1. The lowest BCUT2D eigenvalue weighted by molar-refractivity contribution is 0.0930. The van der Waals surface area contributed by atoms with Crippen molar-refractivity contribution in [2.45, 2.75) is 12.8 Å². The zero-order chi connectivity index (χ0) is 17.3. The van der Waals surface area contributed by atoms with Crippen LogP contribution >= 0.6 is 0 Å². The predicted molar refractivity (Wildman–Crippen MR) is 82.9 cm³/mol. The van der Waals surface area contributed by atoms with Gasteiger partial charge in [-0.3, -0.25) is 9.59 Å². The second kappa shape index (κ2) is 6.27. The van der Waals surface area contributed by atoms with Gasteiger partial charge in [0.1, 0.15) is 17.2 Å². The lowest BCUT2D eigenvalue weighted by Crippen LogP contribution is -2.27. The van der Waals surface area contributed by atoms with Crippen LogP contribution in [0.1, 0.15) is 23.4 Å². The summed E-state index contributed by atoms with van der Waals surface area (Å²) in [6.45, 7) is -0.108. The summed E-state index contributed by atoms with van der Waals surface area (Å²) < 4.78 is 31.7. The maximum Gasteiger partial charge on any atom is 0.287 e. The van der Waals surface area contributed by atoms with Gasteiger partial charge >= 0.3 is 0 Å². The molecule has 1 heterocycles. The number of hydrogen-bond donors (Lipinski definition) is 2. The lowest BCUT2D eigenvalue weighted by Gasteiger charge is -2.13. The maximum absolute atomic E-state index is 13.2. The number of allylic oxidation sites excluding steroid dienone is 2. The van der Waals surface area contributed by atoms with Gasteiger partial charge in [-0.1, -0.05) is 0 Å². The first-order chi connectivity index (χ1) is 11.4. The summed E-state index contributed by atoms with van der Waals surface area (Å²) in [5, 5.41) is 12.2. The molecule has 2 N–H and O–H groups in total. The van der Waals surface area contributed by atoms with E-state index in [2.05, 4.69) is 5.32 Å². The summed E-state index contributed by atoms with van der Waals surface area (Å²) >= 11 is 0. The summed E-state index contributed by atoms with van der Waals surface area (Å²) in [4.78, 5) is 24.0. The van der Waals surface area contributed by atoms with Gasteiger partial charge in [-0.05, 0) is 24.3 Å². The molecule has 0 saturated carbocycles. The molecule has 1 aliphatic rings. The van der Waals surface area contributed by atoms with Crippen molar-refractivity contribution < 1.29 is 23.1 Å². The Morgan fingerprint density at radius 2 is 2.04 bits per heavy atom. The highest BCUT2D eigenvalue weighted by Crippen LogP contribution is 2.22. The molecule has 1 aromatic carbocycles. The highest BCUT2D eigenvalue weighted by molar-refractivity contribution is 5.93. The Morgan fingerprint density at radius 3 is 2.83 bits per heavy atom. The average Bonchev–Trinajstić information content (AvgIpc) is 2.56. The summed E-state index contributed by atoms with van der Waals surface area (Å²) in [7, 11) is 0. The maximum atomic E-state index is 13.2. The van der Waals surface area contributed by atoms with E-state index < -0.39 is 17.2 Å². The number of halogens is 2. The molecule has 7 heteroatoms. The van der Waals surface area contributed by atoms with Crippen molar-refractivity contribution in [2.75, 3.05) is 6.54 Å². The number of hydrogen-bond acceptors (Lipinski definition) is 4. The Labute approximate surface area is 134 Å². The van der Waals surface area contributed by atoms with E-state index in [-0.39, 0.29) is 53.3 Å². The van der Waals surface area contributed by atoms with Crippen molar-refractivity contribution >= 4 is 16.9 Å². The minimum Gasteiger partial charge on any atom is -0.512 e. The molecule has 1 aromatic heterocycles. The van der Waals surface area contributed by atoms with Crippen molar-refractivity contribution in [1.82, 2.24) is 5.32 Å². The molecule has 0 bridgehead atoms. The number of amides is 1. The predicted octanol–water partition coefficient (Wildman–Crippen LogP) is 3.12. The Morgan fingerprint density at radius 1 is 1.25 bits per heavy atom. The second-order valence-corrected chi connectivity index (χ2v) is 5.36. The van der Waals surface area contributed by atoms with Gasteiger partial charge in [0.2, 0.25) is 0 Å². The first-order valence-corrected chi connectivity index (χ1v) is 7.23. The van der Waals surface area contributed by atoms with Crippen LogP contribution in [-0.4, -0.2) is 17.6 Å². The molecule has 0 fully saturated rings. The third-order valence-electron chi connectivity index (χ3n) is 3.65. The van der Waals surface area contributed by atoms with Gasteiger partial charge in [-0.25, -0.2) is 8.78 Å². The van der Waals surface area contributed by atoms with E-state index in [1.807, 2.05) is 0 Å². The number of fused-ring (bicyclic) bond motifs is 1. The van der Waals surface area contributed by atoms with Crippen LogP contribution in [0.4, 0.5) is 8.78 Å². The first-order valence-electron chi connectivity index (χ1n) is 7.23. The standard InChI is InChI=1S/C17H13F2NO4/c18-10-1-3-13(21)9(5-10)8-20-17(23)16-7-14(22)12-6-11(19)2-4-15(12)24-16/h2,4-7,21H,1,3,8H2,(H,20,23). The molecule has 0 atom stereocenters. The molecule has 1 amide bonds. The Kier molecular flexibility index (Phi) is 4.16. The Hall–Kier alpha value is -2.96. The molecule has 2 aromatic rings. The third kappa shape index (κ3) is 3.19. The molecule has 124 valence electrons. The molecule has 0 radical (unpaired) electrons. The van der Waals surface area contributed by atoms with Gasteiger partial charge in [0.25, 0.3) is 5.91 Å². The number of aliphatic hydroxyl groups is 1. The SMILES string of the molecule is O=C(NCC1=C(O)CCC(F)=C1)c1cc(=O)c2cc(F)ccc2o1. The minimum absolute atomic E-state index is 0.00661. The summed E-state index contributed by atoms with van der Waals surface area (Å²) in [6.07, 6.45) is 1.46. The average molecular weight is 333 g/mol. The van der Waals surface area contributed by atoms with E-state index in [1.54, 1.807) is 0 Å². The van der Waals surface area contributed by atoms with Crippen molar-refractivity contribution in [3.05, 3.63) is 69.3 Å². The lowest BCUT2D eigenvalue weighted by atomic mass is 10.0. The largest absolute Gasteiger partial charge is 0.512 e. The van der Waals surface area contributed by atoms with Crippen LogP contribution in [-0.2, 0) is 0 Å². The molecular weight excluding hydrogens is 320 g/mol. The van der Waals surface area contributed by atoms with Gasteiger partial charge in [-0.2, -0.15) is 0 Å². The van der Waals surface area contributed by atoms with Gasteiger partial charge < -0.3 is 14.8 Å². The molecule has 5 nitrogen and oxygen atoms in total. The van der Waals surface area contributed by atoms with E-state index >= 15 is 0 Å². The Bertz CT molecular complexity index is 943. The first kappa shape index (κ1) is 15.9. The molecular formula is C17H13F2NO4. The highest BCUT2D eigenvalue weighted by atomic mass is 19.1. The molecule has 1 aliphatic carbocycles. The summed E-state index contributed by atoms with van der Waals surface area (Å²) in [5.41, 5.74) is -0.205. The van der Waals surface area contributed by atoms with Crippen molar-refractivity contribution in [2.24, 2.45) is 0 Å². The van der Waals surface area contributed by atoms with Crippen LogP contribution < -0.4 is 10.7 Å². The van der Waals surface area contributed by atoms with E-state index in [0.717, 1.165) is 18.2 Å². The van der Waals surface area contributed by atoms with Crippen molar-refractivity contribution in [1.29, 1.82) is 0 Å². The molecule has 3 rings (SSSR count). The number of carbonyl (C=O) groups is 1. The van der Waals surface area contributed by atoms with Gasteiger partial charge in [0.05, 0.1) is 11.1 Å². The van der Waals surface area contributed by atoms with Crippen LogP contribution in [0, 0.1) is 5.82 Å². The molecule has 0 aliphatic heterocycles. The monoisotopic (exact) mass is 333 g/mol. The molecule has 0 unspecified atom stereocenters. The number of nitrogens with one attached hydrogen (secondary N) is 1. The van der Waals surface area contributed by atoms with Gasteiger partial charge in [0, 0.05) is 31.0 Å². The normalized spacial score (nSPS) is 14.7. The van der Waals surface area contributed by atoms with Crippen LogP contribution in [0.3, 0.4) is 0 Å². The molecule has 24 heavy (non-hydrogen) atoms. The highest BCUT2D eigenvalue weighted by Gasteiger charge is 2.16. The van der Waals surface area contributed by atoms with E-state index in [9.17, 15) is 23.5 Å². The van der Waals surface area contributed by atoms with E-state index in [4.69, 9.17) is 4.42 Å². The second-order valence-electron chi connectivity index (χ2n) is 5.36. The van der Waals surface area contributed by atoms with E-state index in [0.29, 0.717) is 0 Å². The van der Waals surface area contributed by atoms with Crippen LogP contribution in [0.2, 0.25) is 0 Å². The zero-order valence-corrected chi connectivity index (χ0v) is 12.4. The van der Waals surface area contributed by atoms with Crippen LogP contribution in [0.5, 0.6) is 0 Å². The minimum atomic E-state index is -0.696. The van der Waals surface area contributed by atoms with Crippen LogP contribution in [0.25, 0.3) is 11.0 Å². The third-order valence-corrected chi connectivity index (χ3v) is 3.65. The smallest absolute Gasteiger partial charge is 0.287 e. The summed E-state index contributed by atoms with van der Waals surface area (Å²) in [5.74, 6) is -1.90. The zero-order valence-electron chi connectivity index (χ0n) is 12.4. The number of carbonyl (C=O) groups excluding carboxylic acids is 1. The van der Waals surface area contributed by atoms with Crippen molar-refractivity contribution in [3.63, 3.8) is 0 Å². The number of benzene rings is 1. The quantitative estimate of drug-likeness (QED) is 0.904.